The Balaban J connectivity index is 1.68. The van der Waals surface area contributed by atoms with Crippen LogP contribution in [-0.2, 0) is 9.59 Å². The lowest BCUT2D eigenvalue weighted by Crippen LogP contribution is -2.37. The van der Waals surface area contributed by atoms with Gasteiger partial charge in [0.2, 0.25) is 11.8 Å². The Kier molecular flexibility index (Phi) is 6.86. The van der Waals surface area contributed by atoms with E-state index in [4.69, 9.17) is 11.6 Å². The number of aliphatic hydroxyl groups is 1. The Morgan fingerprint density at radius 2 is 1.83 bits per heavy atom. The van der Waals surface area contributed by atoms with Crippen molar-refractivity contribution < 1.29 is 14.7 Å². The van der Waals surface area contributed by atoms with E-state index in [2.05, 4.69) is 5.32 Å². The van der Waals surface area contributed by atoms with Crippen LogP contribution in [0.4, 0.5) is 0 Å². The summed E-state index contributed by atoms with van der Waals surface area (Å²) >= 11 is 5.79. The Bertz CT molecular complexity index is 527. The zero-order chi connectivity index (χ0) is 16.7. The molecule has 1 aromatic carbocycles. The van der Waals surface area contributed by atoms with Crippen molar-refractivity contribution in [2.24, 2.45) is 0 Å². The maximum absolute atomic E-state index is 12.0. The molecular formula is C17H23ClN2O3. The summed E-state index contributed by atoms with van der Waals surface area (Å²) in [5.74, 6) is -0.179. The Morgan fingerprint density at radius 3 is 2.48 bits per heavy atom. The number of rotatable bonds is 6. The van der Waals surface area contributed by atoms with E-state index in [9.17, 15) is 14.7 Å². The number of likely N-dealkylation sites (tertiary alicyclic amines) is 1. The van der Waals surface area contributed by atoms with Crippen molar-refractivity contribution in [3.05, 3.63) is 34.9 Å². The van der Waals surface area contributed by atoms with Crippen molar-refractivity contribution in [3.63, 3.8) is 0 Å². The average Bonchev–Trinajstić information content (AvgIpc) is 2.56. The van der Waals surface area contributed by atoms with E-state index >= 15 is 0 Å². The topological polar surface area (TPSA) is 69.6 Å². The molecule has 2 amide bonds. The van der Waals surface area contributed by atoms with Crippen LogP contribution < -0.4 is 5.32 Å². The highest BCUT2D eigenvalue weighted by atomic mass is 35.5. The lowest BCUT2D eigenvalue weighted by atomic mass is 10.1. The summed E-state index contributed by atoms with van der Waals surface area (Å²) in [4.78, 5) is 25.7. The minimum Gasteiger partial charge on any atom is -0.388 e. The first-order chi connectivity index (χ1) is 11.1. The van der Waals surface area contributed by atoms with E-state index in [-0.39, 0.29) is 18.2 Å². The predicted octanol–water partition coefficient (Wildman–Crippen LogP) is 2.28. The van der Waals surface area contributed by atoms with Gasteiger partial charge < -0.3 is 15.3 Å². The maximum atomic E-state index is 12.0. The highest BCUT2D eigenvalue weighted by Gasteiger charge is 2.17. The summed E-state index contributed by atoms with van der Waals surface area (Å²) in [5, 5.41) is 13.3. The molecule has 0 saturated carbocycles. The van der Waals surface area contributed by atoms with Crippen LogP contribution in [0.5, 0.6) is 0 Å². The summed E-state index contributed by atoms with van der Waals surface area (Å²) in [5.41, 5.74) is 0.647. The number of benzene rings is 1. The quantitative estimate of drug-likeness (QED) is 0.836. The third kappa shape index (κ3) is 5.84. The molecular weight excluding hydrogens is 316 g/mol. The van der Waals surface area contributed by atoms with Gasteiger partial charge in [-0.2, -0.15) is 0 Å². The molecule has 1 aliphatic heterocycles. The fourth-order valence-electron chi connectivity index (χ4n) is 2.66. The number of halogens is 1. The second kappa shape index (κ2) is 8.89. The van der Waals surface area contributed by atoms with Crippen LogP contribution in [0.25, 0.3) is 0 Å². The number of nitrogens with zero attached hydrogens (tertiary/aromatic N) is 1. The van der Waals surface area contributed by atoms with E-state index in [0.29, 0.717) is 23.6 Å². The van der Waals surface area contributed by atoms with Crippen LogP contribution in [0, 0.1) is 0 Å². The first-order valence-electron chi connectivity index (χ1n) is 8.04. The SMILES string of the molecule is O=C(CC(O)c1ccc(Cl)cc1)NCCC(=O)N1CCCCC1. The first-order valence-corrected chi connectivity index (χ1v) is 8.42. The third-order valence-electron chi connectivity index (χ3n) is 4.00. The monoisotopic (exact) mass is 338 g/mol. The summed E-state index contributed by atoms with van der Waals surface area (Å²) in [7, 11) is 0. The van der Waals surface area contributed by atoms with Gasteiger partial charge in [0.25, 0.3) is 0 Å². The van der Waals surface area contributed by atoms with Gasteiger partial charge in [0.1, 0.15) is 0 Å². The van der Waals surface area contributed by atoms with E-state index in [1.54, 1.807) is 24.3 Å². The molecule has 2 N–H and O–H groups in total. The Labute approximate surface area is 141 Å². The van der Waals surface area contributed by atoms with Crippen LogP contribution in [-0.4, -0.2) is 41.5 Å². The standard InChI is InChI=1S/C17H23ClN2O3/c18-14-6-4-13(5-7-14)15(21)12-16(22)19-9-8-17(23)20-10-2-1-3-11-20/h4-7,15,21H,1-3,8-12H2,(H,19,22). The van der Waals surface area contributed by atoms with Gasteiger partial charge in [-0.05, 0) is 37.0 Å². The average molecular weight is 339 g/mol. The predicted molar refractivity (Wildman–Crippen MR) is 89.1 cm³/mol. The van der Waals surface area contributed by atoms with Crippen molar-refractivity contribution in [1.29, 1.82) is 0 Å². The molecule has 126 valence electrons. The highest BCUT2D eigenvalue weighted by molar-refractivity contribution is 6.30. The molecule has 1 saturated heterocycles. The molecule has 1 fully saturated rings. The molecule has 1 unspecified atom stereocenters. The molecule has 2 rings (SSSR count). The molecule has 5 nitrogen and oxygen atoms in total. The lowest BCUT2D eigenvalue weighted by molar-refractivity contribution is -0.132. The lowest BCUT2D eigenvalue weighted by Gasteiger charge is -2.26. The molecule has 1 heterocycles. The van der Waals surface area contributed by atoms with Gasteiger partial charge in [-0.25, -0.2) is 0 Å². The van der Waals surface area contributed by atoms with Crippen LogP contribution in [0.15, 0.2) is 24.3 Å². The second-order valence-corrected chi connectivity index (χ2v) is 6.25. The van der Waals surface area contributed by atoms with Crippen LogP contribution >= 0.6 is 11.6 Å². The number of piperidine rings is 1. The van der Waals surface area contributed by atoms with E-state index in [1.807, 2.05) is 4.90 Å². The van der Waals surface area contributed by atoms with Gasteiger partial charge >= 0.3 is 0 Å². The van der Waals surface area contributed by atoms with Gasteiger partial charge in [-0.1, -0.05) is 23.7 Å². The normalized spacial score (nSPS) is 16.0. The summed E-state index contributed by atoms with van der Waals surface area (Å²) in [6, 6.07) is 6.74. The zero-order valence-corrected chi connectivity index (χ0v) is 13.9. The molecule has 0 bridgehead atoms. The van der Waals surface area contributed by atoms with Crippen molar-refractivity contribution >= 4 is 23.4 Å². The van der Waals surface area contributed by atoms with E-state index in [1.165, 1.54) is 6.42 Å². The molecule has 1 atom stereocenters. The number of hydrogen-bond donors (Lipinski definition) is 2. The van der Waals surface area contributed by atoms with Gasteiger partial charge in [0.15, 0.2) is 0 Å². The fraction of sp³-hybridized carbons (Fsp3) is 0.529. The van der Waals surface area contributed by atoms with Gasteiger partial charge in [0, 0.05) is 31.1 Å². The van der Waals surface area contributed by atoms with Gasteiger partial charge in [-0.3, -0.25) is 9.59 Å². The molecule has 6 heteroatoms. The molecule has 0 aromatic heterocycles. The minimum atomic E-state index is -0.870. The maximum Gasteiger partial charge on any atom is 0.224 e. The van der Waals surface area contributed by atoms with Gasteiger partial charge in [-0.15, -0.1) is 0 Å². The van der Waals surface area contributed by atoms with Crippen LogP contribution in [0.1, 0.15) is 43.8 Å². The van der Waals surface area contributed by atoms with Crippen molar-refractivity contribution in [2.75, 3.05) is 19.6 Å². The smallest absolute Gasteiger partial charge is 0.224 e. The van der Waals surface area contributed by atoms with Crippen molar-refractivity contribution in [2.45, 2.75) is 38.2 Å². The third-order valence-corrected chi connectivity index (χ3v) is 4.26. The van der Waals surface area contributed by atoms with Crippen molar-refractivity contribution in [1.82, 2.24) is 10.2 Å². The number of hydrogen-bond acceptors (Lipinski definition) is 3. The number of aliphatic hydroxyl groups excluding tert-OH is 1. The number of carbonyl (C=O) groups excluding carboxylic acids is 2. The van der Waals surface area contributed by atoms with Crippen LogP contribution in [0.3, 0.4) is 0 Å². The molecule has 1 aliphatic rings. The van der Waals surface area contributed by atoms with Gasteiger partial charge in [0.05, 0.1) is 12.5 Å². The zero-order valence-electron chi connectivity index (χ0n) is 13.1. The minimum absolute atomic E-state index is 0.0282. The molecule has 23 heavy (non-hydrogen) atoms. The Morgan fingerprint density at radius 1 is 1.17 bits per heavy atom. The highest BCUT2D eigenvalue weighted by Crippen LogP contribution is 2.19. The fourth-order valence-corrected chi connectivity index (χ4v) is 2.79. The molecule has 0 aliphatic carbocycles. The molecule has 1 aromatic rings. The molecule has 0 spiro atoms. The Hall–Kier alpha value is -1.59. The number of nitrogens with one attached hydrogen (secondary N) is 1. The summed E-state index contributed by atoms with van der Waals surface area (Å²) in [6.45, 7) is 1.95. The largest absolute Gasteiger partial charge is 0.388 e. The summed E-state index contributed by atoms with van der Waals surface area (Å²) < 4.78 is 0. The molecule has 0 radical (unpaired) electrons. The van der Waals surface area contributed by atoms with Crippen LogP contribution in [0.2, 0.25) is 5.02 Å². The van der Waals surface area contributed by atoms with E-state index < -0.39 is 6.10 Å². The summed E-state index contributed by atoms with van der Waals surface area (Å²) in [6.07, 6.45) is 2.72. The van der Waals surface area contributed by atoms with Crippen molar-refractivity contribution in [3.8, 4) is 0 Å². The number of amides is 2. The van der Waals surface area contributed by atoms with E-state index in [0.717, 1.165) is 25.9 Å². The number of carbonyl (C=O) groups is 2. The second-order valence-electron chi connectivity index (χ2n) is 5.81. The first kappa shape index (κ1) is 17.8.